The van der Waals surface area contributed by atoms with Crippen LogP contribution in [0.5, 0.6) is 0 Å². The van der Waals surface area contributed by atoms with Gasteiger partial charge in [0.15, 0.2) is 0 Å². The lowest BCUT2D eigenvalue weighted by atomic mass is 9.86. The molecular weight excluding hydrogens is 301 g/mol. The molecule has 0 fully saturated rings. The van der Waals surface area contributed by atoms with Gasteiger partial charge in [-0.2, -0.15) is 13.2 Å². The summed E-state index contributed by atoms with van der Waals surface area (Å²) < 4.78 is 40.0. The number of fused-ring (bicyclic) bond motifs is 1. The molecule has 120 valence electrons. The smallest absolute Gasteiger partial charge is 0.392 e. The number of aliphatic hydroxyl groups excluding tert-OH is 1. The molecule has 0 spiro atoms. The molecule has 4 heteroatoms. The zero-order valence-corrected chi connectivity index (χ0v) is 12.9. The fourth-order valence-electron chi connectivity index (χ4n) is 3.18. The van der Waals surface area contributed by atoms with Crippen LogP contribution in [0.2, 0.25) is 0 Å². The van der Waals surface area contributed by atoms with E-state index in [2.05, 4.69) is 0 Å². The first kappa shape index (κ1) is 15.8. The highest BCUT2D eigenvalue weighted by Gasteiger charge is 2.37. The second-order valence-electron chi connectivity index (χ2n) is 6.36. The third kappa shape index (κ3) is 2.68. The summed E-state index contributed by atoms with van der Waals surface area (Å²) in [5, 5.41) is 9.34. The van der Waals surface area contributed by atoms with Crippen molar-refractivity contribution < 1.29 is 18.3 Å². The molecule has 0 radical (unpaired) electrons. The monoisotopic (exact) mass is 318 g/mol. The summed E-state index contributed by atoms with van der Waals surface area (Å²) in [6.45, 7) is 3.82. The van der Waals surface area contributed by atoms with Crippen LogP contribution in [0, 0.1) is 0 Å². The van der Waals surface area contributed by atoms with Gasteiger partial charge >= 0.3 is 6.18 Å². The van der Waals surface area contributed by atoms with Gasteiger partial charge in [0, 0.05) is 5.41 Å². The van der Waals surface area contributed by atoms with Gasteiger partial charge in [0.05, 0.1) is 12.2 Å². The maximum atomic E-state index is 13.3. The summed E-state index contributed by atoms with van der Waals surface area (Å²) in [6.07, 6.45) is -2.53. The molecule has 1 N–H and O–H groups in total. The van der Waals surface area contributed by atoms with E-state index in [-0.39, 0.29) is 17.6 Å². The SMILES string of the molecule is CC1(C)C=C(c2ccccc2C(F)(F)F)c2cc(CO)ccc21. The number of allylic oxidation sites excluding steroid dienone is 1. The highest BCUT2D eigenvalue weighted by Crippen LogP contribution is 2.46. The van der Waals surface area contributed by atoms with E-state index in [1.54, 1.807) is 12.1 Å². The summed E-state index contributed by atoms with van der Waals surface area (Å²) in [4.78, 5) is 0. The van der Waals surface area contributed by atoms with Crippen LogP contribution in [0.1, 0.15) is 41.7 Å². The van der Waals surface area contributed by atoms with Crippen molar-refractivity contribution in [3.8, 4) is 0 Å². The molecular formula is C19H17F3O. The molecule has 3 rings (SSSR count). The minimum absolute atomic E-state index is 0.137. The molecule has 1 aliphatic carbocycles. The average Bonchev–Trinajstić information content (AvgIpc) is 2.77. The molecule has 0 saturated heterocycles. The Balaban J connectivity index is 2.24. The van der Waals surface area contributed by atoms with Gasteiger partial charge in [-0.3, -0.25) is 0 Å². The summed E-state index contributed by atoms with van der Waals surface area (Å²) in [6, 6.07) is 11.1. The maximum Gasteiger partial charge on any atom is 0.417 e. The fourth-order valence-corrected chi connectivity index (χ4v) is 3.18. The minimum Gasteiger partial charge on any atom is -0.392 e. The molecule has 0 aliphatic heterocycles. The van der Waals surface area contributed by atoms with E-state index in [1.165, 1.54) is 12.1 Å². The van der Waals surface area contributed by atoms with Crippen LogP contribution >= 0.6 is 0 Å². The van der Waals surface area contributed by atoms with Gasteiger partial charge in [-0.05, 0) is 40.0 Å². The zero-order chi connectivity index (χ0) is 16.8. The van der Waals surface area contributed by atoms with E-state index < -0.39 is 11.7 Å². The van der Waals surface area contributed by atoms with Crippen molar-refractivity contribution in [2.45, 2.75) is 32.0 Å². The lowest BCUT2D eigenvalue weighted by Crippen LogP contribution is -2.10. The van der Waals surface area contributed by atoms with Gasteiger partial charge in [0.2, 0.25) is 0 Å². The number of aliphatic hydroxyl groups is 1. The Hall–Kier alpha value is -2.07. The van der Waals surface area contributed by atoms with E-state index in [1.807, 2.05) is 32.1 Å². The number of alkyl halides is 3. The molecule has 0 unspecified atom stereocenters. The Morgan fingerprint density at radius 3 is 2.35 bits per heavy atom. The lowest BCUT2D eigenvalue weighted by molar-refractivity contribution is -0.137. The van der Waals surface area contributed by atoms with Crippen molar-refractivity contribution in [2.75, 3.05) is 0 Å². The molecule has 2 aromatic rings. The van der Waals surface area contributed by atoms with Crippen molar-refractivity contribution in [1.29, 1.82) is 0 Å². The number of hydrogen-bond donors (Lipinski definition) is 1. The van der Waals surface area contributed by atoms with Gasteiger partial charge in [-0.15, -0.1) is 0 Å². The maximum absolute atomic E-state index is 13.3. The van der Waals surface area contributed by atoms with Crippen LogP contribution in [0.3, 0.4) is 0 Å². The Kier molecular flexibility index (Phi) is 3.60. The molecule has 1 aliphatic rings. The Morgan fingerprint density at radius 2 is 1.70 bits per heavy atom. The average molecular weight is 318 g/mol. The van der Waals surface area contributed by atoms with Gasteiger partial charge in [-0.1, -0.05) is 50.3 Å². The number of benzene rings is 2. The first-order valence-electron chi connectivity index (χ1n) is 7.38. The molecule has 0 heterocycles. The van der Waals surface area contributed by atoms with Crippen LogP contribution in [0.15, 0.2) is 48.5 Å². The first-order valence-corrected chi connectivity index (χ1v) is 7.38. The van der Waals surface area contributed by atoms with Crippen LogP contribution in [-0.4, -0.2) is 5.11 Å². The normalized spacial score (nSPS) is 16.2. The number of rotatable bonds is 2. The quantitative estimate of drug-likeness (QED) is 0.833. The molecule has 0 saturated carbocycles. The fraction of sp³-hybridized carbons (Fsp3) is 0.263. The van der Waals surface area contributed by atoms with Gasteiger partial charge < -0.3 is 5.11 Å². The third-order valence-corrected chi connectivity index (χ3v) is 4.28. The summed E-state index contributed by atoms with van der Waals surface area (Å²) in [5.74, 6) is 0. The molecule has 0 aromatic heterocycles. The molecule has 23 heavy (non-hydrogen) atoms. The minimum atomic E-state index is -4.40. The van der Waals surface area contributed by atoms with Crippen molar-refractivity contribution in [3.05, 3.63) is 76.4 Å². The molecule has 0 amide bonds. The van der Waals surface area contributed by atoms with Crippen LogP contribution in [0.25, 0.3) is 5.57 Å². The largest absolute Gasteiger partial charge is 0.417 e. The third-order valence-electron chi connectivity index (χ3n) is 4.28. The van der Waals surface area contributed by atoms with Crippen molar-refractivity contribution in [1.82, 2.24) is 0 Å². The second kappa shape index (κ2) is 5.24. The molecule has 1 nitrogen and oxygen atoms in total. The first-order chi connectivity index (χ1) is 10.7. The lowest BCUT2D eigenvalue weighted by Gasteiger charge is -2.17. The van der Waals surface area contributed by atoms with E-state index >= 15 is 0 Å². The Labute approximate surface area is 133 Å². The summed E-state index contributed by atoms with van der Waals surface area (Å²) >= 11 is 0. The van der Waals surface area contributed by atoms with E-state index in [0.717, 1.165) is 17.2 Å². The van der Waals surface area contributed by atoms with E-state index in [9.17, 15) is 18.3 Å². The van der Waals surface area contributed by atoms with E-state index in [4.69, 9.17) is 0 Å². The van der Waals surface area contributed by atoms with Crippen molar-refractivity contribution in [3.63, 3.8) is 0 Å². The van der Waals surface area contributed by atoms with Crippen LogP contribution in [-0.2, 0) is 18.2 Å². The van der Waals surface area contributed by atoms with E-state index in [0.29, 0.717) is 11.1 Å². The Morgan fingerprint density at radius 1 is 1.00 bits per heavy atom. The highest BCUT2D eigenvalue weighted by atomic mass is 19.4. The van der Waals surface area contributed by atoms with Gasteiger partial charge in [0.1, 0.15) is 0 Å². The summed E-state index contributed by atoms with van der Waals surface area (Å²) in [5.41, 5.74) is 2.20. The predicted molar refractivity (Wildman–Crippen MR) is 83.9 cm³/mol. The molecule has 0 atom stereocenters. The van der Waals surface area contributed by atoms with Crippen LogP contribution < -0.4 is 0 Å². The van der Waals surface area contributed by atoms with Gasteiger partial charge in [-0.25, -0.2) is 0 Å². The van der Waals surface area contributed by atoms with Crippen molar-refractivity contribution >= 4 is 5.57 Å². The summed E-state index contributed by atoms with van der Waals surface area (Å²) in [7, 11) is 0. The Bertz CT molecular complexity index is 785. The number of hydrogen-bond acceptors (Lipinski definition) is 1. The predicted octanol–water partition coefficient (Wildman–Crippen LogP) is 4.92. The second-order valence-corrected chi connectivity index (χ2v) is 6.36. The number of halogens is 3. The molecule has 0 bridgehead atoms. The highest BCUT2D eigenvalue weighted by molar-refractivity contribution is 5.88. The topological polar surface area (TPSA) is 20.2 Å². The van der Waals surface area contributed by atoms with Crippen LogP contribution in [0.4, 0.5) is 13.2 Å². The zero-order valence-electron chi connectivity index (χ0n) is 12.9. The molecule has 2 aromatic carbocycles. The van der Waals surface area contributed by atoms with Crippen molar-refractivity contribution in [2.24, 2.45) is 0 Å². The standard InChI is InChI=1S/C19H17F3O/c1-18(2)10-15(14-9-12(11-23)7-8-16(14)18)13-5-3-4-6-17(13)19(20,21)22/h3-10,23H,11H2,1-2H3. The van der Waals surface area contributed by atoms with Gasteiger partial charge in [0.25, 0.3) is 0 Å².